The van der Waals surface area contributed by atoms with Gasteiger partial charge < -0.3 is 20.5 Å². The van der Waals surface area contributed by atoms with Gasteiger partial charge in [-0.05, 0) is 38.2 Å². The van der Waals surface area contributed by atoms with Gasteiger partial charge in [-0.2, -0.15) is 0 Å². The molecule has 112 valence electrons. The highest BCUT2D eigenvalue weighted by molar-refractivity contribution is 5.41. The second-order valence-corrected chi connectivity index (χ2v) is 5.64. The second-order valence-electron chi connectivity index (χ2n) is 5.64. The van der Waals surface area contributed by atoms with Crippen molar-refractivity contribution in [1.29, 1.82) is 0 Å². The lowest BCUT2D eigenvalue weighted by Crippen LogP contribution is -2.53. The largest absolute Gasteiger partial charge is 0.491 e. The van der Waals surface area contributed by atoms with Gasteiger partial charge in [0.15, 0.2) is 0 Å². The summed E-state index contributed by atoms with van der Waals surface area (Å²) in [6, 6.07) is 7.70. The van der Waals surface area contributed by atoms with Crippen molar-refractivity contribution in [3.63, 3.8) is 0 Å². The maximum atomic E-state index is 10.1. The molecule has 1 aromatic carbocycles. The molecule has 3 N–H and O–H groups in total. The Morgan fingerprint density at radius 2 is 2.05 bits per heavy atom. The van der Waals surface area contributed by atoms with Crippen LogP contribution in [-0.2, 0) is 0 Å². The molecule has 0 amide bonds. The molecule has 0 aromatic heterocycles. The van der Waals surface area contributed by atoms with Gasteiger partial charge in [0.25, 0.3) is 0 Å². The molecule has 2 unspecified atom stereocenters. The highest BCUT2D eigenvalue weighted by Crippen LogP contribution is 2.14. The third-order valence-corrected chi connectivity index (χ3v) is 3.74. The number of ether oxygens (including phenoxy) is 1. The summed E-state index contributed by atoms with van der Waals surface area (Å²) in [7, 11) is 2.13. The lowest BCUT2D eigenvalue weighted by Gasteiger charge is -2.39. The smallest absolute Gasteiger partial charge is 0.119 e. The number of aliphatic hydroxyl groups is 1. The van der Waals surface area contributed by atoms with E-state index >= 15 is 0 Å². The number of nitrogens with zero attached hydrogens (tertiary/aromatic N) is 2. The van der Waals surface area contributed by atoms with Gasteiger partial charge in [0.2, 0.25) is 0 Å². The zero-order valence-corrected chi connectivity index (χ0v) is 12.3. The Labute approximate surface area is 120 Å². The van der Waals surface area contributed by atoms with Gasteiger partial charge in [-0.3, -0.25) is 4.90 Å². The predicted octanol–water partition coefficient (Wildman–Crippen LogP) is 0.644. The fraction of sp³-hybridized carbons (Fsp3) is 0.600. The Kier molecular flexibility index (Phi) is 5.23. The first-order valence-corrected chi connectivity index (χ1v) is 7.13. The quantitative estimate of drug-likeness (QED) is 0.775. The minimum absolute atomic E-state index is 0.309. The highest BCUT2D eigenvalue weighted by atomic mass is 16.5. The normalized spacial score (nSPS) is 22.6. The van der Waals surface area contributed by atoms with E-state index in [-0.39, 0.29) is 0 Å². The number of anilines is 1. The summed E-state index contributed by atoms with van der Waals surface area (Å²) < 4.78 is 5.58. The van der Waals surface area contributed by atoms with Gasteiger partial charge in [0.05, 0.1) is 0 Å². The Hall–Kier alpha value is -1.30. The van der Waals surface area contributed by atoms with Crippen LogP contribution in [0.2, 0.25) is 0 Å². The lowest BCUT2D eigenvalue weighted by molar-refractivity contribution is 0.0273. The number of hydrogen-bond acceptors (Lipinski definition) is 5. The van der Waals surface area contributed by atoms with Crippen LogP contribution >= 0.6 is 0 Å². The van der Waals surface area contributed by atoms with Crippen LogP contribution in [0.1, 0.15) is 6.92 Å². The molecule has 0 saturated carbocycles. The third-order valence-electron chi connectivity index (χ3n) is 3.74. The lowest BCUT2D eigenvalue weighted by atomic mass is 10.2. The summed E-state index contributed by atoms with van der Waals surface area (Å²) in [4.78, 5) is 4.63. The first kappa shape index (κ1) is 15.1. The fourth-order valence-corrected chi connectivity index (χ4v) is 2.53. The number of hydrogen-bond donors (Lipinski definition) is 2. The first-order chi connectivity index (χ1) is 9.54. The molecular weight excluding hydrogens is 254 g/mol. The Balaban J connectivity index is 1.75. The van der Waals surface area contributed by atoms with Crippen LogP contribution in [-0.4, -0.2) is 66.9 Å². The Morgan fingerprint density at radius 1 is 1.35 bits per heavy atom. The van der Waals surface area contributed by atoms with Crippen molar-refractivity contribution in [1.82, 2.24) is 9.80 Å². The van der Waals surface area contributed by atoms with Gasteiger partial charge in [0, 0.05) is 37.9 Å². The maximum absolute atomic E-state index is 10.1. The Morgan fingerprint density at radius 3 is 2.70 bits per heavy atom. The topological polar surface area (TPSA) is 62.0 Å². The van der Waals surface area contributed by atoms with Crippen LogP contribution in [0, 0.1) is 0 Å². The van der Waals surface area contributed by atoms with Crippen molar-refractivity contribution < 1.29 is 9.84 Å². The number of aliphatic hydroxyl groups excluding tert-OH is 1. The molecular formula is C15H25N3O2. The van der Waals surface area contributed by atoms with E-state index < -0.39 is 6.10 Å². The molecule has 1 aromatic rings. The molecule has 20 heavy (non-hydrogen) atoms. The van der Waals surface area contributed by atoms with Crippen LogP contribution in [0.4, 0.5) is 5.69 Å². The van der Waals surface area contributed by atoms with E-state index in [9.17, 15) is 5.11 Å². The van der Waals surface area contributed by atoms with Crippen LogP contribution in [0.3, 0.4) is 0 Å². The number of rotatable bonds is 5. The number of nitrogens with two attached hydrogens (primary N) is 1. The number of piperazine rings is 1. The van der Waals surface area contributed by atoms with E-state index in [1.54, 1.807) is 12.1 Å². The molecule has 1 fully saturated rings. The molecule has 5 nitrogen and oxygen atoms in total. The summed E-state index contributed by atoms with van der Waals surface area (Å²) in [6.07, 6.45) is -0.474. The van der Waals surface area contributed by atoms with E-state index in [1.807, 2.05) is 12.1 Å². The van der Waals surface area contributed by atoms with Gasteiger partial charge in [0.1, 0.15) is 18.5 Å². The molecule has 1 saturated heterocycles. The van der Waals surface area contributed by atoms with Crippen molar-refractivity contribution in [2.24, 2.45) is 0 Å². The molecule has 1 aliphatic rings. The highest BCUT2D eigenvalue weighted by Gasteiger charge is 2.23. The van der Waals surface area contributed by atoms with Crippen molar-refractivity contribution >= 4 is 5.69 Å². The molecule has 1 aliphatic heterocycles. The molecule has 5 heteroatoms. The van der Waals surface area contributed by atoms with E-state index in [2.05, 4.69) is 23.8 Å². The summed E-state index contributed by atoms with van der Waals surface area (Å²) >= 11 is 0. The predicted molar refractivity (Wildman–Crippen MR) is 80.9 cm³/mol. The summed E-state index contributed by atoms with van der Waals surface area (Å²) in [5.74, 6) is 0.740. The van der Waals surface area contributed by atoms with Crippen LogP contribution in [0.25, 0.3) is 0 Å². The maximum Gasteiger partial charge on any atom is 0.119 e. The number of nitrogen functional groups attached to an aromatic ring is 1. The summed E-state index contributed by atoms with van der Waals surface area (Å²) in [5.41, 5.74) is 6.33. The van der Waals surface area contributed by atoms with Gasteiger partial charge >= 0.3 is 0 Å². The third kappa shape index (κ3) is 4.37. The van der Waals surface area contributed by atoms with Crippen molar-refractivity contribution in [3.05, 3.63) is 24.3 Å². The SMILES string of the molecule is CC1CN(C)CCN1CC(O)COc1ccc(N)cc1. The van der Waals surface area contributed by atoms with Gasteiger partial charge in [-0.15, -0.1) is 0 Å². The van der Waals surface area contributed by atoms with E-state index in [0.29, 0.717) is 24.9 Å². The molecule has 0 spiro atoms. The van der Waals surface area contributed by atoms with Crippen LogP contribution in [0.15, 0.2) is 24.3 Å². The monoisotopic (exact) mass is 279 g/mol. The fourth-order valence-electron chi connectivity index (χ4n) is 2.53. The number of β-amino-alcohol motifs (C(OH)–C–C–N with tert-alkyl or cyclic N) is 1. The minimum Gasteiger partial charge on any atom is -0.491 e. The zero-order valence-electron chi connectivity index (χ0n) is 12.3. The van der Waals surface area contributed by atoms with Crippen molar-refractivity contribution in [2.45, 2.75) is 19.1 Å². The van der Waals surface area contributed by atoms with Crippen molar-refractivity contribution in [3.8, 4) is 5.75 Å². The van der Waals surface area contributed by atoms with Gasteiger partial charge in [-0.1, -0.05) is 0 Å². The summed E-state index contributed by atoms with van der Waals surface area (Å²) in [6.45, 7) is 6.26. The molecule has 1 heterocycles. The van der Waals surface area contributed by atoms with Crippen LogP contribution < -0.4 is 10.5 Å². The zero-order chi connectivity index (χ0) is 14.5. The molecule has 0 bridgehead atoms. The molecule has 0 aliphatic carbocycles. The molecule has 2 rings (SSSR count). The minimum atomic E-state index is -0.474. The van der Waals surface area contributed by atoms with Gasteiger partial charge in [-0.25, -0.2) is 0 Å². The molecule has 0 radical (unpaired) electrons. The van der Waals surface area contributed by atoms with Crippen LogP contribution in [0.5, 0.6) is 5.75 Å². The second kappa shape index (κ2) is 6.92. The van der Waals surface area contributed by atoms with E-state index in [4.69, 9.17) is 10.5 Å². The molecule has 2 atom stereocenters. The van der Waals surface area contributed by atoms with E-state index in [0.717, 1.165) is 25.4 Å². The summed E-state index contributed by atoms with van der Waals surface area (Å²) in [5, 5.41) is 10.1. The number of benzene rings is 1. The Bertz CT molecular complexity index is 410. The average Bonchev–Trinajstić information content (AvgIpc) is 2.41. The van der Waals surface area contributed by atoms with E-state index in [1.165, 1.54) is 0 Å². The average molecular weight is 279 g/mol. The standard InChI is InChI=1S/C15H25N3O2/c1-12-9-17(2)7-8-18(12)10-14(19)11-20-15-5-3-13(16)4-6-15/h3-6,12,14,19H,7-11,16H2,1-2H3. The first-order valence-electron chi connectivity index (χ1n) is 7.13. The number of likely N-dealkylation sites (N-methyl/N-ethyl adjacent to an activating group) is 1. The van der Waals surface area contributed by atoms with Crippen molar-refractivity contribution in [2.75, 3.05) is 45.6 Å².